The summed E-state index contributed by atoms with van der Waals surface area (Å²) in [7, 11) is 0. The predicted molar refractivity (Wildman–Crippen MR) is 91.0 cm³/mol. The molecule has 1 aliphatic rings. The van der Waals surface area contributed by atoms with Crippen LogP contribution in [0.3, 0.4) is 0 Å². The van der Waals surface area contributed by atoms with Gasteiger partial charge in [0.25, 0.3) is 5.56 Å². The molecule has 1 aromatic carbocycles. The fraction of sp³-hybridized carbons (Fsp3) is 0.278. The average molecular weight is 344 g/mol. The molecule has 0 spiro atoms. The molecule has 0 saturated carbocycles. The third kappa shape index (κ3) is 2.59. The standard InChI is InChI=1S/C18H15ClFN3O/c19-14-5-3-6-15(20)13(14)9-23-10-21-17-12(18(23)24)8-11-4-1-2-7-16(11)22-17/h3,5-6,8,10H,1-2,4,7,9H2. The minimum Gasteiger partial charge on any atom is -0.294 e. The van der Waals surface area contributed by atoms with Crippen molar-refractivity contribution in [3.8, 4) is 0 Å². The average Bonchev–Trinajstić information content (AvgIpc) is 2.59. The minimum atomic E-state index is -0.432. The summed E-state index contributed by atoms with van der Waals surface area (Å²) in [6, 6.07) is 6.38. The second-order valence-electron chi connectivity index (χ2n) is 6.05. The highest BCUT2D eigenvalue weighted by atomic mass is 35.5. The lowest BCUT2D eigenvalue weighted by Crippen LogP contribution is -2.23. The second-order valence-corrected chi connectivity index (χ2v) is 6.46. The monoisotopic (exact) mass is 343 g/mol. The molecule has 2 aromatic heterocycles. The largest absolute Gasteiger partial charge is 0.294 e. The lowest BCUT2D eigenvalue weighted by atomic mass is 9.95. The maximum atomic E-state index is 14.0. The number of benzene rings is 1. The minimum absolute atomic E-state index is 0.0460. The highest BCUT2D eigenvalue weighted by molar-refractivity contribution is 6.31. The van der Waals surface area contributed by atoms with E-state index in [9.17, 15) is 9.18 Å². The van der Waals surface area contributed by atoms with Crippen LogP contribution in [0.4, 0.5) is 4.39 Å². The van der Waals surface area contributed by atoms with Crippen molar-refractivity contribution in [1.29, 1.82) is 0 Å². The number of hydrogen-bond donors (Lipinski definition) is 0. The lowest BCUT2D eigenvalue weighted by molar-refractivity contribution is 0.595. The Morgan fingerprint density at radius 3 is 2.92 bits per heavy atom. The van der Waals surface area contributed by atoms with Crippen LogP contribution < -0.4 is 5.56 Å². The molecule has 4 nitrogen and oxygen atoms in total. The van der Waals surface area contributed by atoms with Crippen LogP contribution in [0.25, 0.3) is 11.0 Å². The van der Waals surface area contributed by atoms with Crippen molar-refractivity contribution in [2.75, 3.05) is 0 Å². The number of halogens is 2. The quantitative estimate of drug-likeness (QED) is 0.715. The van der Waals surface area contributed by atoms with Gasteiger partial charge in [0.15, 0.2) is 5.65 Å². The van der Waals surface area contributed by atoms with E-state index in [2.05, 4.69) is 9.97 Å². The number of hydrogen-bond acceptors (Lipinski definition) is 3. The van der Waals surface area contributed by atoms with Gasteiger partial charge in [0.2, 0.25) is 0 Å². The highest BCUT2D eigenvalue weighted by Crippen LogP contribution is 2.22. The normalized spacial score (nSPS) is 13.9. The molecule has 0 bridgehead atoms. The van der Waals surface area contributed by atoms with Gasteiger partial charge in [0, 0.05) is 16.3 Å². The van der Waals surface area contributed by atoms with E-state index in [1.54, 1.807) is 12.1 Å². The number of aromatic nitrogens is 3. The lowest BCUT2D eigenvalue weighted by Gasteiger charge is -2.15. The summed E-state index contributed by atoms with van der Waals surface area (Å²) < 4.78 is 15.4. The topological polar surface area (TPSA) is 47.8 Å². The summed E-state index contributed by atoms with van der Waals surface area (Å²) in [5, 5.41) is 0.774. The van der Waals surface area contributed by atoms with Gasteiger partial charge in [0.05, 0.1) is 11.9 Å². The first-order valence-corrected chi connectivity index (χ1v) is 8.32. The summed E-state index contributed by atoms with van der Waals surface area (Å²) in [6.45, 7) is 0.0460. The van der Waals surface area contributed by atoms with Gasteiger partial charge in [-0.05, 0) is 49.4 Å². The Labute approximate surface area is 142 Å². The van der Waals surface area contributed by atoms with Gasteiger partial charge in [-0.15, -0.1) is 0 Å². The Kier molecular flexibility index (Phi) is 3.81. The Morgan fingerprint density at radius 2 is 2.08 bits per heavy atom. The zero-order valence-corrected chi connectivity index (χ0v) is 13.7. The molecule has 0 radical (unpaired) electrons. The summed E-state index contributed by atoms with van der Waals surface area (Å²) >= 11 is 6.06. The molecule has 6 heteroatoms. The van der Waals surface area contributed by atoms with Gasteiger partial charge in [-0.2, -0.15) is 0 Å². The van der Waals surface area contributed by atoms with Crippen LogP contribution in [0.2, 0.25) is 5.02 Å². The molecule has 0 N–H and O–H groups in total. The van der Waals surface area contributed by atoms with E-state index >= 15 is 0 Å². The van der Waals surface area contributed by atoms with Gasteiger partial charge in [0.1, 0.15) is 12.1 Å². The number of fused-ring (bicyclic) bond motifs is 2. The van der Waals surface area contributed by atoms with Crippen molar-refractivity contribution >= 4 is 22.6 Å². The molecule has 4 rings (SSSR count). The molecule has 0 amide bonds. The third-order valence-corrected chi connectivity index (χ3v) is 4.84. The number of pyridine rings is 1. The first-order valence-electron chi connectivity index (χ1n) is 7.94. The van der Waals surface area contributed by atoms with Crippen molar-refractivity contribution in [2.45, 2.75) is 32.2 Å². The molecule has 0 fully saturated rings. The fourth-order valence-corrected chi connectivity index (χ4v) is 3.40. The Hall–Kier alpha value is -2.27. The summed E-state index contributed by atoms with van der Waals surface area (Å²) in [5.41, 5.74) is 2.68. The van der Waals surface area contributed by atoms with E-state index in [1.165, 1.54) is 17.0 Å². The van der Waals surface area contributed by atoms with Crippen LogP contribution in [0, 0.1) is 5.82 Å². The Morgan fingerprint density at radius 1 is 1.25 bits per heavy atom. The van der Waals surface area contributed by atoms with Gasteiger partial charge < -0.3 is 0 Å². The Balaban J connectivity index is 1.82. The molecule has 0 aliphatic heterocycles. The first-order chi connectivity index (χ1) is 11.6. The van der Waals surface area contributed by atoms with Crippen molar-refractivity contribution in [3.05, 3.63) is 68.6 Å². The second kappa shape index (κ2) is 5.98. The molecular formula is C18H15ClFN3O. The summed E-state index contributed by atoms with van der Waals surface area (Å²) in [6.07, 6.45) is 5.51. The zero-order chi connectivity index (χ0) is 16.7. The highest BCUT2D eigenvalue weighted by Gasteiger charge is 2.16. The molecule has 3 aromatic rings. The SMILES string of the molecule is O=c1c2cc3c(nc2ncn1Cc1c(F)cccc1Cl)CCCC3. The van der Waals surface area contributed by atoms with Crippen LogP contribution in [-0.4, -0.2) is 14.5 Å². The van der Waals surface area contributed by atoms with E-state index in [-0.39, 0.29) is 17.7 Å². The van der Waals surface area contributed by atoms with Crippen molar-refractivity contribution < 1.29 is 4.39 Å². The molecular weight excluding hydrogens is 329 g/mol. The van der Waals surface area contributed by atoms with Crippen LogP contribution in [0.5, 0.6) is 0 Å². The predicted octanol–water partition coefficient (Wildman–Crippen LogP) is 3.51. The molecule has 2 heterocycles. The number of rotatable bonds is 2. The molecule has 24 heavy (non-hydrogen) atoms. The van der Waals surface area contributed by atoms with Gasteiger partial charge in [-0.25, -0.2) is 14.4 Å². The fourth-order valence-electron chi connectivity index (χ4n) is 3.18. The molecule has 0 unspecified atom stereocenters. The molecule has 1 aliphatic carbocycles. The van der Waals surface area contributed by atoms with E-state index < -0.39 is 5.82 Å². The van der Waals surface area contributed by atoms with Crippen LogP contribution in [0.15, 0.2) is 35.4 Å². The van der Waals surface area contributed by atoms with E-state index in [4.69, 9.17) is 11.6 Å². The Bertz CT molecular complexity index is 979. The van der Waals surface area contributed by atoms with Crippen LogP contribution in [-0.2, 0) is 19.4 Å². The van der Waals surface area contributed by atoms with Crippen LogP contribution >= 0.6 is 11.6 Å². The smallest absolute Gasteiger partial charge is 0.263 e. The molecule has 0 saturated heterocycles. The van der Waals surface area contributed by atoms with E-state index in [0.717, 1.165) is 36.9 Å². The summed E-state index contributed by atoms with van der Waals surface area (Å²) in [5.74, 6) is -0.432. The third-order valence-electron chi connectivity index (χ3n) is 4.48. The van der Waals surface area contributed by atoms with Gasteiger partial charge in [-0.1, -0.05) is 17.7 Å². The van der Waals surface area contributed by atoms with Crippen LogP contribution in [0.1, 0.15) is 29.7 Å². The first kappa shape index (κ1) is 15.3. The van der Waals surface area contributed by atoms with Crippen molar-refractivity contribution in [2.24, 2.45) is 0 Å². The van der Waals surface area contributed by atoms with Crippen molar-refractivity contribution in [3.63, 3.8) is 0 Å². The molecule has 122 valence electrons. The van der Waals surface area contributed by atoms with Gasteiger partial charge >= 0.3 is 0 Å². The molecule has 0 atom stereocenters. The zero-order valence-electron chi connectivity index (χ0n) is 12.9. The van der Waals surface area contributed by atoms with E-state index in [1.807, 2.05) is 6.07 Å². The van der Waals surface area contributed by atoms with E-state index in [0.29, 0.717) is 16.1 Å². The van der Waals surface area contributed by atoms with Crippen molar-refractivity contribution in [1.82, 2.24) is 14.5 Å². The number of aryl methyl sites for hydroxylation is 2. The maximum absolute atomic E-state index is 14.0. The summed E-state index contributed by atoms with van der Waals surface area (Å²) in [4.78, 5) is 21.6. The number of nitrogens with zero attached hydrogens (tertiary/aromatic N) is 3. The maximum Gasteiger partial charge on any atom is 0.263 e. The van der Waals surface area contributed by atoms with Gasteiger partial charge in [-0.3, -0.25) is 9.36 Å².